The van der Waals surface area contributed by atoms with Crippen molar-refractivity contribution in [1.29, 1.82) is 0 Å². The van der Waals surface area contributed by atoms with Crippen LogP contribution >= 0.6 is 0 Å². The Kier molecular flexibility index (Phi) is 5.66. The number of ether oxygens (including phenoxy) is 1. The first-order valence-electron chi connectivity index (χ1n) is 9.93. The van der Waals surface area contributed by atoms with Gasteiger partial charge in [-0.05, 0) is 73.5 Å². The van der Waals surface area contributed by atoms with E-state index in [0.29, 0.717) is 22.6 Å². The van der Waals surface area contributed by atoms with Crippen molar-refractivity contribution < 1.29 is 14.3 Å². The van der Waals surface area contributed by atoms with Gasteiger partial charge in [0.2, 0.25) is 5.91 Å². The number of nitrogens with two attached hydrogens (primary N) is 1. The lowest BCUT2D eigenvalue weighted by Crippen LogP contribution is -2.21. The molecule has 4 rings (SSSR count). The van der Waals surface area contributed by atoms with Gasteiger partial charge in [-0.25, -0.2) is 0 Å². The number of hydrogen-bond acceptors (Lipinski definition) is 4. The summed E-state index contributed by atoms with van der Waals surface area (Å²) in [7, 11) is 0. The first-order chi connectivity index (χ1) is 14.6. The first-order valence-corrected chi connectivity index (χ1v) is 9.93. The van der Waals surface area contributed by atoms with E-state index >= 15 is 0 Å². The van der Waals surface area contributed by atoms with Crippen molar-refractivity contribution in [2.24, 2.45) is 5.73 Å². The molecular formula is C24H23N3O3. The Balaban J connectivity index is 1.43. The molecule has 152 valence electrons. The maximum absolute atomic E-state index is 12.7. The molecule has 3 aromatic rings. The second-order valence-corrected chi connectivity index (χ2v) is 7.18. The molecule has 0 aromatic heterocycles. The number of primary amides is 1. The molecular weight excluding hydrogens is 378 g/mol. The molecule has 3 aromatic carbocycles. The zero-order chi connectivity index (χ0) is 20.9. The predicted octanol–water partition coefficient (Wildman–Crippen LogP) is 4.43. The molecule has 0 atom stereocenters. The van der Waals surface area contributed by atoms with E-state index in [1.807, 2.05) is 24.3 Å². The summed E-state index contributed by atoms with van der Waals surface area (Å²) in [5.41, 5.74) is 8.08. The second kappa shape index (κ2) is 8.69. The van der Waals surface area contributed by atoms with Crippen LogP contribution in [0.4, 0.5) is 11.4 Å². The normalized spacial score (nSPS) is 13.1. The van der Waals surface area contributed by atoms with E-state index in [-0.39, 0.29) is 5.91 Å². The molecule has 0 saturated carbocycles. The molecule has 0 bridgehead atoms. The molecule has 0 spiro atoms. The van der Waals surface area contributed by atoms with E-state index in [9.17, 15) is 9.59 Å². The van der Waals surface area contributed by atoms with E-state index < -0.39 is 5.91 Å². The van der Waals surface area contributed by atoms with Crippen LogP contribution in [0.15, 0.2) is 72.8 Å². The minimum atomic E-state index is -0.483. The summed E-state index contributed by atoms with van der Waals surface area (Å²) in [6, 6.07) is 21.4. The summed E-state index contributed by atoms with van der Waals surface area (Å²) < 4.78 is 5.76. The fraction of sp³-hybridized carbons (Fsp3) is 0.167. The van der Waals surface area contributed by atoms with Crippen LogP contribution in [-0.2, 0) is 0 Å². The van der Waals surface area contributed by atoms with Gasteiger partial charge < -0.3 is 20.7 Å². The Bertz CT molecular complexity index is 1040. The van der Waals surface area contributed by atoms with Gasteiger partial charge in [0.1, 0.15) is 11.5 Å². The SMILES string of the molecule is NC(=O)c1ccc(Oc2ccc(C(=O)Nc3ccccc3N3CCCC3)cc2)cc1. The lowest BCUT2D eigenvalue weighted by atomic mass is 10.2. The second-order valence-electron chi connectivity index (χ2n) is 7.18. The van der Waals surface area contributed by atoms with Crippen LogP contribution in [0.2, 0.25) is 0 Å². The van der Waals surface area contributed by atoms with Crippen molar-refractivity contribution in [2.45, 2.75) is 12.8 Å². The molecule has 1 aliphatic heterocycles. The Morgan fingerprint density at radius 2 is 1.37 bits per heavy atom. The van der Waals surface area contributed by atoms with Gasteiger partial charge in [0.25, 0.3) is 5.91 Å². The van der Waals surface area contributed by atoms with Gasteiger partial charge >= 0.3 is 0 Å². The third kappa shape index (κ3) is 4.43. The number of rotatable bonds is 6. The minimum Gasteiger partial charge on any atom is -0.457 e. The average Bonchev–Trinajstić information content (AvgIpc) is 3.30. The van der Waals surface area contributed by atoms with E-state index in [1.54, 1.807) is 48.5 Å². The van der Waals surface area contributed by atoms with Gasteiger partial charge in [-0.15, -0.1) is 0 Å². The maximum atomic E-state index is 12.7. The van der Waals surface area contributed by atoms with Gasteiger partial charge in [0.05, 0.1) is 11.4 Å². The minimum absolute atomic E-state index is 0.168. The molecule has 2 amide bonds. The first kappa shape index (κ1) is 19.5. The number of benzene rings is 3. The highest BCUT2D eigenvalue weighted by Crippen LogP contribution is 2.29. The Morgan fingerprint density at radius 3 is 1.97 bits per heavy atom. The standard InChI is InChI=1S/C24H23N3O3/c25-23(28)17-7-11-19(12-8-17)30-20-13-9-18(10-14-20)24(29)26-21-5-1-2-6-22(21)27-15-3-4-16-27/h1-2,5-14H,3-4,15-16H2,(H2,25,28)(H,26,29). The van der Waals surface area contributed by atoms with Crippen molar-refractivity contribution in [3.05, 3.63) is 83.9 Å². The number of amides is 2. The van der Waals surface area contributed by atoms with Crippen LogP contribution < -0.4 is 20.7 Å². The third-order valence-electron chi connectivity index (χ3n) is 5.09. The van der Waals surface area contributed by atoms with E-state index in [2.05, 4.69) is 10.2 Å². The molecule has 30 heavy (non-hydrogen) atoms. The maximum Gasteiger partial charge on any atom is 0.255 e. The lowest BCUT2D eigenvalue weighted by molar-refractivity contribution is 0.0997. The molecule has 1 aliphatic rings. The fourth-order valence-corrected chi connectivity index (χ4v) is 3.51. The Labute approximate surface area is 175 Å². The quantitative estimate of drug-likeness (QED) is 0.640. The van der Waals surface area contributed by atoms with Crippen LogP contribution in [0.5, 0.6) is 11.5 Å². The zero-order valence-corrected chi connectivity index (χ0v) is 16.5. The zero-order valence-electron chi connectivity index (χ0n) is 16.5. The topological polar surface area (TPSA) is 84.7 Å². The van der Waals surface area contributed by atoms with Crippen molar-refractivity contribution in [3.63, 3.8) is 0 Å². The molecule has 0 radical (unpaired) electrons. The number of nitrogens with zero attached hydrogens (tertiary/aromatic N) is 1. The highest BCUT2D eigenvalue weighted by atomic mass is 16.5. The van der Waals surface area contributed by atoms with Gasteiger partial charge in [-0.2, -0.15) is 0 Å². The number of anilines is 2. The number of para-hydroxylation sites is 2. The van der Waals surface area contributed by atoms with Crippen LogP contribution in [0, 0.1) is 0 Å². The number of hydrogen-bond donors (Lipinski definition) is 2. The van der Waals surface area contributed by atoms with Crippen LogP contribution in [0.25, 0.3) is 0 Å². The average molecular weight is 401 g/mol. The summed E-state index contributed by atoms with van der Waals surface area (Å²) >= 11 is 0. The van der Waals surface area contributed by atoms with Crippen LogP contribution in [0.1, 0.15) is 33.6 Å². The molecule has 1 heterocycles. The number of carbonyl (C=O) groups is 2. The number of carbonyl (C=O) groups excluding carboxylic acids is 2. The smallest absolute Gasteiger partial charge is 0.255 e. The van der Waals surface area contributed by atoms with Crippen LogP contribution in [0.3, 0.4) is 0 Å². The van der Waals surface area contributed by atoms with Gasteiger partial charge in [0, 0.05) is 24.2 Å². The third-order valence-corrected chi connectivity index (χ3v) is 5.09. The molecule has 6 heteroatoms. The van der Waals surface area contributed by atoms with Gasteiger partial charge in [-0.3, -0.25) is 9.59 Å². The van der Waals surface area contributed by atoms with E-state index in [0.717, 1.165) is 24.5 Å². The fourth-order valence-electron chi connectivity index (χ4n) is 3.51. The van der Waals surface area contributed by atoms with Crippen molar-refractivity contribution >= 4 is 23.2 Å². The summed E-state index contributed by atoms with van der Waals surface area (Å²) in [6.45, 7) is 2.03. The molecule has 1 saturated heterocycles. The van der Waals surface area contributed by atoms with Crippen molar-refractivity contribution in [2.75, 3.05) is 23.3 Å². The predicted molar refractivity (Wildman–Crippen MR) is 117 cm³/mol. The summed E-state index contributed by atoms with van der Waals surface area (Å²) in [5, 5.41) is 3.02. The van der Waals surface area contributed by atoms with E-state index in [4.69, 9.17) is 10.5 Å². The molecule has 0 unspecified atom stereocenters. The molecule has 0 aliphatic carbocycles. The Morgan fingerprint density at radius 1 is 0.800 bits per heavy atom. The monoisotopic (exact) mass is 401 g/mol. The van der Waals surface area contributed by atoms with Crippen molar-refractivity contribution in [1.82, 2.24) is 0 Å². The highest BCUT2D eigenvalue weighted by molar-refractivity contribution is 6.06. The van der Waals surface area contributed by atoms with Gasteiger partial charge in [0.15, 0.2) is 0 Å². The molecule has 6 nitrogen and oxygen atoms in total. The van der Waals surface area contributed by atoms with E-state index in [1.165, 1.54) is 12.8 Å². The molecule has 3 N–H and O–H groups in total. The summed E-state index contributed by atoms with van der Waals surface area (Å²) in [4.78, 5) is 26.2. The lowest BCUT2D eigenvalue weighted by Gasteiger charge is -2.21. The van der Waals surface area contributed by atoms with Gasteiger partial charge in [-0.1, -0.05) is 12.1 Å². The largest absolute Gasteiger partial charge is 0.457 e. The Hall–Kier alpha value is -3.80. The molecule has 1 fully saturated rings. The summed E-state index contributed by atoms with van der Waals surface area (Å²) in [6.07, 6.45) is 2.35. The van der Waals surface area contributed by atoms with Crippen LogP contribution in [-0.4, -0.2) is 24.9 Å². The number of nitrogens with one attached hydrogen (secondary N) is 1. The van der Waals surface area contributed by atoms with Crippen molar-refractivity contribution in [3.8, 4) is 11.5 Å². The summed E-state index contributed by atoms with van der Waals surface area (Å²) in [5.74, 6) is 0.523. The highest BCUT2D eigenvalue weighted by Gasteiger charge is 2.17.